The van der Waals surface area contributed by atoms with E-state index in [4.69, 9.17) is 0 Å². The van der Waals surface area contributed by atoms with Crippen molar-refractivity contribution >= 4 is 30.1 Å². The lowest BCUT2D eigenvalue weighted by molar-refractivity contribution is -0.133. The van der Waals surface area contributed by atoms with Crippen molar-refractivity contribution in [3.63, 3.8) is 0 Å². The second kappa shape index (κ2) is 6.10. The average Bonchev–Trinajstić information content (AvgIpc) is 2.85. The van der Waals surface area contributed by atoms with E-state index in [2.05, 4.69) is 5.32 Å². The quantitative estimate of drug-likeness (QED) is 0.744. The van der Waals surface area contributed by atoms with Gasteiger partial charge in [0.1, 0.15) is 0 Å². The van der Waals surface area contributed by atoms with Crippen LogP contribution in [0.1, 0.15) is 12.8 Å². The number of amides is 1. The highest BCUT2D eigenvalue weighted by atomic mass is 35.5. The van der Waals surface area contributed by atoms with Gasteiger partial charge in [0.25, 0.3) is 0 Å². The summed E-state index contributed by atoms with van der Waals surface area (Å²) in [6, 6.07) is 0.220. The Kier molecular flexibility index (Phi) is 5.37. The molecule has 2 fully saturated rings. The van der Waals surface area contributed by atoms with Gasteiger partial charge in [-0.1, -0.05) is 0 Å². The molecule has 16 heavy (non-hydrogen) atoms. The number of aliphatic hydroxyl groups excluding tert-OH is 1. The Morgan fingerprint density at radius 1 is 1.56 bits per heavy atom. The number of aliphatic hydroxyl groups is 1. The molecule has 6 heteroatoms. The first-order chi connectivity index (χ1) is 7.18. The maximum atomic E-state index is 12.0. The SMILES string of the molecule is CN(C(=O)[C@H]1C[C@@H](O)CN1)C1CCSC1.Cl. The van der Waals surface area contributed by atoms with Gasteiger partial charge in [-0.3, -0.25) is 4.79 Å². The number of hydrogen-bond donors (Lipinski definition) is 2. The Morgan fingerprint density at radius 2 is 2.31 bits per heavy atom. The van der Waals surface area contributed by atoms with E-state index < -0.39 is 0 Å². The normalized spacial score (nSPS) is 33.5. The molecule has 0 radical (unpaired) electrons. The van der Waals surface area contributed by atoms with Crippen LogP contribution in [0.5, 0.6) is 0 Å². The van der Waals surface area contributed by atoms with E-state index in [-0.39, 0.29) is 30.5 Å². The number of β-amino-alcohol motifs (C(OH)–C–C–N with tert-alkyl or cyclic N) is 1. The van der Waals surface area contributed by atoms with Crippen molar-refractivity contribution in [3.8, 4) is 0 Å². The number of carbonyl (C=O) groups excluding carboxylic acids is 1. The van der Waals surface area contributed by atoms with Gasteiger partial charge in [0, 0.05) is 25.4 Å². The predicted molar refractivity (Wildman–Crippen MR) is 68.2 cm³/mol. The van der Waals surface area contributed by atoms with Crippen LogP contribution in [0.3, 0.4) is 0 Å². The van der Waals surface area contributed by atoms with Gasteiger partial charge in [0.15, 0.2) is 0 Å². The summed E-state index contributed by atoms with van der Waals surface area (Å²) in [6.07, 6.45) is 1.30. The molecule has 0 aromatic heterocycles. The molecule has 2 heterocycles. The van der Waals surface area contributed by atoms with Crippen LogP contribution in [0.15, 0.2) is 0 Å². The lowest BCUT2D eigenvalue weighted by atomic mass is 10.1. The zero-order valence-corrected chi connectivity index (χ0v) is 11.0. The molecule has 0 spiro atoms. The van der Waals surface area contributed by atoms with Crippen LogP contribution in [-0.4, -0.2) is 59.2 Å². The molecule has 2 aliphatic heterocycles. The van der Waals surface area contributed by atoms with Gasteiger partial charge in [0.2, 0.25) is 5.91 Å². The average molecular weight is 267 g/mol. The molecule has 1 unspecified atom stereocenters. The molecular weight excluding hydrogens is 248 g/mol. The minimum atomic E-state index is -0.356. The summed E-state index contributed by atoms with van der Waals surface area (Å²) in [5.41, 5.74) is 0. The number of rotatable bonds is 2. The lowest BCUT2D eigenvalue weighted by Gasteiger charge is -2.26. The van der Waals surface area contributed by atoms with E-state index in [1.165, 1.54) is 0 Å². The molecule has 3 atom stereocenters. The highest BCUT2D eigenvalue weighted by molar-refractivity contribution is 7.99. The van der Waals surface area contributed by atoms with Gasteiger partial charge in [0.05, 0.1) is 12.1 Å². The first kappa shape index (κ1) is 14.1. The largest absolute Gasteiger partial charge is 0.392 e. The number of nitrogens with zero attached hydrogens (tertiary/aromatic N) is 1. The van der Waals surface area contributed by atoms with Crippen LogP contribution in [0.2, 0.25) is 0 Å². The van der Waals surface area contributed by atoms with E-state index >= 15 is 0 Å². The van der Waals surface area contributed by atoms with Gasteiger partial charge in [-0.2, -0.15) is 11.8 Å². The molecule has 1 amide bonds. The topological polar surface area (TPSA) is 52.6 Å². The number of hydrogen-bond acceptors (Lipinski definition) is 4. The van der Waals surface area contributed by atoms with Crippen molar-refractivity contribution in [1.82, 2.24) is 10.2 Å². The molecule has 4 nitrogen and oxygen atoms in total. The summed E-state index contributed by atoms with van der Waals surface area (Å²) in [4.78, 5) is 13.9. The molecule has 2 saturated heterocycles. The fourth-order valence-corrected chi connectivity index (χ4v) is 3.43. The maximum Gasteiger partial charge on any atom is 0.239 e. The second-order valence-corrected chi connectivity index (χ2v) is 5.47. The summed E-state index contributed by atoms with van der Waals surface area (Å²) in [7, 11) is 1.88. The van der Waals surface area contributed by atoms with Gasteiger partial charge in [-0.15, -0.1) is 12.4 Å². The number of nitrogens with one attached hydrogen (secondary N) is 1. The third kappa shape index (κ3) is 3.03. The summed E-state index contributed by atoms with van der Waals surface area (Å²) < 4.78 is 0. The fraction of sp³-hybridized carbons (Fsp3) is 0.900. The van der Waals surface area contributed by atoms with E-state index in [9.17, 15) is 9.90 Å². The Hall–Kier alpha value is 0.0300. The first-order valence-corrected chi connectivity index (χ1v) is 6.60. The first-order valence-electron chi connectivity index (χ1n) is 5.44. The monoisotopic (exact) mass is 266 g/mol. The van der Waals surface area contributed by atoms with Crippen LogP contribution in [-0.2, 0) is 4.79 Å². The highest BCUT2D eigenvalue weighted by Gasteiger charge is 2.33. The maximum absolute atomic E-state index is 12.0. The summed E-state index contributed by atoms with van der Waals surface area (Å²) >= 11 is 1.91. The molecular formula is C10H19ClN2O2S. The standard InChI is InChI=1S/C10H18N2O2S.ClH/c1-12(7-2-3-15-6-7)10(14)9-4-8(13)5-11-9;/h7-9,11,13H,2-6H2,1H3;1H/t7?,8-,9-;/m1./s1. The van der Waals surface area contributed by atoms with Crippen molar-refractivity contribution in [3.05, 3.63) is 0 Å². The molecule has 2 aliphatic rings. The zero-order valence-electron chi connectivity index (χ0n) is 9.39. The molecule has 0 aliphatic carbocycles. The Balaban J connectivity index is 0.00000128. The summed E-state index contributed by atoms with van der Waals surface area (Å²) in [6.45, 7) is 0.545. The van der Waals surface area contributed by atoms with E-state index in [1.54, 1.807) is 0 Å². The lowest BCUT2D eigenvalue weighted by Crippen LogP contribution is -2.46. The molecule has 0 aromatic rings. The van der Waals surface area contributed by atoms with E-state index in [0.29, 0.717) is 19.0 Å². The van der Waals surface area contributed by atoms with E-state index in [0.717, 1.165) is 17.9 Å². The van der Waals surface area contributed by atoms with E-state index in [1.807, 2.05) is 23.7 Å². The van der Waals surface area contributed by atoms with Crippen LogP contribution >= 0.6 is 24.2 Å². The third-order valence-electron chi connectivity index (χ3n) is 3.21. The van der Waals surface area contributed by atoms with Crippen molar-refractivity contribution in [2.45, 2.75) is 31.0 Å². The van der Waals surface area contributed by atoms with Crippen molar-refractivity contribution < 1.29 is 9.90 Å². The number of likely N-dealkylation sites (N-methyl/N-ethyl adjacent to an activating group) is 1. The van der Waals surface area contributed by atoms with Gasteiger partial charge >= 0.3 is 0 Å². The zero-order chi connectivity index (χ0) is 10.8. The van der Waals surface area contributed by atoms with Crippen molar-refractivity contribution in [2.75, 3.05) is 25.1 Å². The smallest absolute Gasteiger partial charge is 0.239 e. The van der Waals surface area contributed by atoms with Crippen LogP contribution in [0.25, 0.3) is 0 Å². The fourth-order valence-electron chi connectivity index (χ4n) is 2.16. The van der Waals surface area contributed by atoms with Gasteiger partial charge in [-0.25, -0.2) is 0 Å². The summed E-state index contributed by atoms with van der Waals surface area (Å²) in [5.74, 6) is 2.35. The molecule has 0 saturated carbocycles. The Labute approximate surface area is 107 Å². The van der Waals surface area contributed by atoms with Gasteiger partial charge < -0.3 is 15.3 Å². The van der Waals surface area contributed by atoms with Crippen molar-refractivity contribution in [1.29, 1.82) is 0 Å². The van der Waals surface area contributed by atoms with Crippen LogP contribution in [0, 0.1) is 0 Å². The molecule has 2 rings (SSSR count). The molecule has 0 aromatic carbocycles. The predicted octanol–water partition coefficient (Wildman–Crippen LogP) is 0.0949. The summed E-state index contributed by atoms with van der Waals surface area (Å²) in [5, 5.41) is 12.4. The molecule has 0 bridgehead atoms. The van der Waals surface area contributed by atoms with Gasteiger partial charge in [-0.05, 0) is 18.6 Å². The third-order valence-corrected chi connectivity index (χ3v) is 4.35. The number of thioether (sulfide) groups is 1. The minimum absolute atomic E-state index is 0. The minimum Gasteiger partial charge on any atom is -0.392 e. The molecule has 2 N–H and O–H groups in total. The Bertz CT molecular complexity index is 249. The van der Waals surface area contributed by atoms with Crippen LogP contribution in [0.4, 0.5) is 0 Å². The highest BCUT2D eigenvalue weighted by Crippen LogP contribution is 2.22. The van der Waals surface area contributed by atoms with Crippen LogP contribution < -0.4 is 5.32 Å². The second-order valence-electron chi connectivity index (χ2n) is 4.32. The number of carbonyl (C=O) groups is 1. The Morgan fingerprint density at radius 3 is 2.81 bits per heavy atom. The number of halogens is 1. The molecule has 94 valence electrons. The van der Waals surface area contributed by atoms with Crippen molar-refractivity contribution in [2.24, 2.45) is 0 Å².